The molecule has 0 aromatic carbocycles. The lowest BCUT2D eigenvalue weighted by atomic mass is 9.33. The van der Waals surface area contributed by atoms with Crippen LogP contribution in [0.5, 0.6) is 0 Å². The lowest BCUT2D eigenvalue weighted by Crippen LogP contribution is -2.66. The van der Waals surface area contributed by atoms with Crippen LogP contribution in [0.4, 0.5) is 0 Å². The fourth-order valence-electron chi connectivity index (χ4n) is 12.0. The van der Waals surface area contributed by atoms with Gasteiger partial charge in [-0.2, -0.15) is 0 Å². The van der Waals surface area contributed by atoms with Crippen LogP contribution in [0.25, 0.3) is 0 Å². The molecule has 0 aromatic heterocycles. The maximum atomic E-state index is 12.9. The molecule has 1 aliphatic heterocycles. The molecule has 9 nitrogen and oxygen atoms in total. The third-order valence-corrected chi connectivity index (χ3v) is 15.1. The Morgan fingerprint density at radius 2 is 1.61 bits per heavy atom. The molecule has 9 heteroatoms. The summed E-state index contributed by atoms with van der Waals surface area (Å²) in [7, 11) is 0. The van der Waals surface area contributed by atoms with Gasteiger partial charge < -0.3 is 40.1 Å². The molecule has 0 radical (unpaired) electrons. The van der Waals surface area contributed by atoms with Crippen LogP contribution in [0.1, 0.15) is 98.8 Å². The number of allylic oxidation sites excluding steroid dienone is 2. The van der Waals surface area contributed by atoms with Crippen LogP contribution in [-0.2, 0) is 14.3 Å². The van der Waals surface area contributed by atoms with Crippen molar-refractivity contribution < 1.29 is 44.9 Å². The van der Waals surface area contributed by atoms with Gasteiger partial charge in [-0.3, -0.25) is 4.79 Å². The van der Waals surface area contributed by atoms with Crippen molar-refractivity contribution in [2.45, 2.75) is 130 Å². The summed E-state index contributed by atoms with van der Waals surface area (Å²) < 4.78 is 12.0. The minimum Gasteiger partial charge on any atom is -0.481 e. The second kappa shape index (κ2) is 10.7. The normalized spacial score (nSPS) is 55.5. The second-order valence-corrected chi connectivity index (χ2v) is 17.1. The standard InChI is InChI=1S/C35H56O9/c1-30(18-36)12-14-35(29(41)42)15-13-33(4)20(21(35)16-30)6-7-24-31(2)10-9-25(44-28-27(40)26(39)22(38)17-43-28)32(3,19-37)23(31)8-11-34(24,33)5/h6,21-28,36-40H,7-19H2,1-5H3,(H,41,42)/t21-,22-,23?,24?,25-,26-,27+,28-,30+,31-,32-,33+,34+,35-/m0/s1. The van der Waals surface area contributed by atoms with E-state index in [9.17, 15) is 35.4 Å². The number of aliphatic carboxylic acids is 1. The highest BCUT2D eigenvalue weighted by Crippen LogP contribution is 2.76. The van der Waals surface area contributed by atoms with Crippen molar-refractivity contribution in [1.82, 2.24) is 0 Å². The summed E-state index contributed by atoms with van der Waals surface area (Å²) in [4.78, 5) is 12.9. The van der Waals surface area contributed by atoms with E-state index in [0.717, 1.165) is 38.5 Å². The minimum atomic E-state index is -1.37. The summed E-state index contributed by atoms with van der Waals surface area (Å²) in [6, 6.07) is 0. The quantitative estimate of drug-likeness (QED) is 0.200. The van der Waals surface area contributed by atoms with Crippen LogP contribution in [-0.4, -0.2) is 87.1 Å². The molecule has 250 valence electrons. The Morgan fingerprint density at radius 1 is 0.909 bits per heavy atom. The summed E-state index contributed by atoms with van der Waals surface area (Å²) in [6.07, 6.45) is 4.93. The van der Waals surface area contributed by atoms with E-state index in [1.54, 1.807) is 0 Å². The molecule has 44 heavy (non-hydrogen) atoms. The number of fused-ring (bicyclic) bond motifs is 7. The van der Waals surface area contributed by atoms with Gasteiger partial charge in [-0.05, 0) is 104 Å². The molecule has 2 unspecified atom stereocenters. The van der Waals surface area contributed by atoms with Gasteiger partial charge in [0.2, 0.25) is 0 Å². The summed E-state index contributed by atoms with van der Waals surface area (Å²) in [6.45, 7) is 11.3. The van der Waals surface area contributed by atoms with Gasteiger partial charge in [0, 0.05) is 12.0 Å². The average molecular weight is 621 g/mol. The fourth-order valence-corrected chi connectivity index (χ4v) is 12.0. The van der Waals surface area contributed by atoms with Crippen molar-refractivity contribution >= 4 is 5.97 Å². The van der Waals surface area contributed by atoms with Crippen molar-refractivity contribution in [3.8, 4) is 0 Å². The van der Waals surface area contributed by atoms with Crippen LogP contribution in [0, 0.1) is 50.2 Å². The number of carboxylic acid groups (broad SMARTS) is 1. The molecule has 4 saturated carbocycles. The lowest BCUT2D eigenvalue weighted by molar-refractivity contribution is -0.312. The first-order chi connectivity index (χ1) is 20.5. The van der Waals surface area contributed by atoms with Crippen molar-refractivity contribution in [2.24, 2.45) is 50.2 Å². The Kier molecular flexibility index (Phi) is 8.01. The van der Waals surface area contributed by atoms with E-state index in [4.69, 9.17) is 9.47 Å². The van der Waals surface area contributed by atoms with E-state index in [-0.39, 0.29) is 59.4 Å². The van der Waals surface area contributed by atoms with Crippen molar-refractivity contribution in [2.75, 3.05) is 19.8 Å². The van der Waals surface area contributed by atoms with Gasteiger partial charge in [0.1, 0.15) is 18.3 Å². The predicted octanol–water partition coefficient (Wildman–Crippen LogP) is 3.64. The summed E-state index contributed by atoms with van der Waals surface area (Å²) >= 11 is 0. The average Bonchev–Trinajstić information content (AvgIpc) is 2.99. The topological polar surface area (TPSA) is 157 Å². The van der Waals surface area contributed by atoms with Crippen LogP contribution >= 0.6 is 0 Å². The number of carbonyl (C=O) groups is 1. The smallest absolute Gasteiger partial charge is 0.310 e. The Bertz CT molecular complexity index is 1170. The molecule has 1 saturated heterocycles. The molecular weight excluding hydrogens is 564 g/mol. The molecule has 6 aliphatic rings. The largest absolute Gasteiger partial charge is 0.481 e. The van der Waals surface area contributed by atoms with Crippen LogP contribution < -0.4 is 0 Å². The molecule has 0 amide bonds. The zero-order chi connectivity index (χ0) is 32.1. The first kappa shape index (κ1) is 32.9. The number of carboxylic acids is 1. The molecule has 0 aromatic rings. The summed E-state index contributed by atoms with van der Waals surface area (Å²) in [5, 5.41) is 62.7. The maximum Gasteiger partial charge on any atom is 0.310 e. The fraction of sp³-hybridized carbons (Fsp3) is 0.914. The Hall–Kier alpha value is -1.07. The predicted molar refractivity (Wildman–Crippen MR) is 162 cm³/mol. The maximum absolute atomic E-state index is 12.9. The van der Waals surface area contributed by atoms with E-state index in [0.29, 0.717) is 31.6 Å². The van der Waals surface area contributed by atoms with E-state index in [1.165, 1.54) is 5.57 Å². The van der Waals surface area contributed by atoms with Gasteiger partial charge in [0.15, 0.2) is 6.29 Å². The summed E-state index contributed by atoms with van der Waals surface area (Å²) in [5.74, 6) is -0.260. The van der Waals surface area contributed by atoms with E-state index in [1.807, 2.05) is 0 Å². The van der Waals surface area contributed by atoms with Gasteiger partial charge in [0.25, 0.3) is 0 Å². The molecule has 5 fully saturated rings. The number of hydrogen-bond donors (Lipinski definition) is 6. The van der Waals surface area contributed by atoms with Crippen LogP contribution in [0.3, 0.4) is 0 Å². The molecule has 1 heterocycles. The SMILES string of the molecule is C[C@@]1(CO)CC[C@]2(C(=O)O)CC[C@]3(C)C(=CCC4[C@@]5(C)CC[C@H](O[C@@H]6OC[C@H](O)[C@H](O)[C@H]6O)[C@@](C)(CO)C5CC[C@]43C)[C@@H]2C1. The zero-order valence-electron chi connectivity index (χ0n) is 27.3. The molecular formula is C35H56O9. The zero-order valence-corrected chi connectivity index (χ0v) is 27.3. The van der Waals surface area contributed by atoms with Crippen LogP contribution in [0.15, 0.2) is 11.6 Å². The Morgan fingerprint density at radius 3 is 2.27 bits per heavy atom. The molecule has 5 aliphatic carbocycles. The highest BCUT2D eigenvalue weighted by Gasteiger charge is 2.70. The highest BCUT2D eigenvalue weighted by atomic mass is 16.7. The second-order valence-electron chi connectivity index (χ2n) is 17.1. The molecule has 0 bridgehead atoms. The van der Waals surface area contributed by atoms with E-state index in [2.05, 4.69) is 40.7 Å². The van der Waals surface area contributed by atoms with Gasteiger partial charge in [-0.25, -0.2) is 0 Å². The minimum absolute atomic E-state index is 0.0486. The summed E-state index contributed by atoms with van der Waals surface area (Å²) in [5.41, 5.74) is -0.600. The van der Waals surface area contributed by atoms with Crippen molar-refractivity contribution in [3.63, 3.8) is 0 Å². The first-order valence-electron chi connectivity index (χ1n) is 17.0. The third-order valence-electron chi connectivity index (χ3n) is 15.1. The van der Waals surface area contributed by atoms with E-state index < -0.39 is 41.4 Å². The van der Waals surface area contributed by atoms with Gasteiger partial charge in [-0.1, -0.05) is 46.3 Å². The molecule has 6 rings (SSSR count). The Labute approximate surface area is 262 Å². The Balaban J connectivity index is 1.32. The number of hydrogen-bond acceptors (Lipinski definition) is 8. The first-order valence-corrected chi connectivity index (χ1v) is 17.0. The van der Waals surface area contributed by atoms with Gasteiger partial charge >= 0.3 is 5.97 Å². The molecule has 14 atom stereocenters. The monoisotopic (exact) mass is 620 g/mol. The van der Waals surface area contributed by atoms with E-state index >= 15 is 0 Å². The van der Waals surface area contributed by atoms with Gasteiger partial charge in [0.05, 0.1) is 24.7 Å². The number of ether oxygens (including phenoxy) is 2. The number of rotatable bonds is 5. The number of aliphatic hydroxyl groups excluding tert-OH is 5. The molecule has 6 N–H and O–H groups in total. The van der Waals surface area contributed by atoms with Crippen LogP contribution in [0.2, 0.25) is 0 Å². The molecule has 0 spiro atoms. The number of aliphatic hydroxyl groups is 5. The third kappa shape index (κ3) is 4.32. The van der Waals surface area contributed by atoms with Crippen molar-refractivity contribution in [3.05, 3.63) is 11.6 Å². The highest BCUT2D eigenvalue weighted by molar-refractivity contribution is 5.76. The van der Waals surface area contributed by atoms with Gasteiger partial charge in [-0.15, -0.1) is 0 Å². The lowest BCUT2D eigenvalue weighted by Gasteiger charge is -2.71. The van der Waals surface area contributed by atoms with Crippen molar-refractivity contribution in [1.29, 1.82) is 0 Å².